The highest BCUT2D eigenvalue weighted by molar-refractivity contribution is 6.00. The van der Waals surface area contributed by atoms with E-state index in [1.807, 2.05) is 13.8 Å². The Morgan fingerprint density at radius 1 is 0.392 bits per heavy atom. The van der Waals surface area contributed by atoms with E-state index in [2.05, 4.69) is 191 Å². The van der Waals surface area contributed by atoms with Crippen LogP contribution in [0.2, 0.25) is 0 Å². The number of aromatic nitrogens is 2. The lowest BCUT2D eigenvalue weighted by atomic mass is 10.1. The van der Waals surface area contributed by atoms with E-state index in [4.69, 9.17) is 0 Å². The second kappa shape index (κ2) is 27.0. The highest BCUT2D eigenvalue weighted by Gasteiger charge is 2.20. The lowest BCUT2D eigenvalue weighted by molar-refractivity contribution is -0.646. The predicted octanol–water partition coefficient (Wildman–Crippen LogP) is 8.38. The Bertz CT molecular complexity index is 2930. The van der Waals surface area contributed by atoms with Gasteiger partial charge in [0.05, 0.1) is 0 Å². The average molecular weight is 1010 g/mol. The summed E-state index contributed by atoms with van der Waals surface area (Å²) in [6.45, 7) is 7.49. The molecule has 0 saturated heterocycles. The predicted molar refractivity (Wildman–Crippen MR) is 306 cm³/mol. The van der Waals surface area contributed by atoms with Gasteiger partial charge in [-0.05, 0) is 118 Å². The van der Waals surface area contributed by atoms with Gasteiger partial charge in [0.15, 0.2) is 0 Å². The van der Waals surface area contributed by atoms with Crippen LogP contribution in [0.5, 0.6) is 0 Å². The number of unbranched alkanes of at least 4 members (excludes halogenated alkanes) is 4. The molecule has 74 heavy (non-hydrogen) atoms. The van der Waals surface area contributed by atoms with E-state index >= 15 is 0 Å². The van der Waals surface area contributed by atoms with Gasteiger partial charge < -0.3 is 40.9 Å². The van der Waals surface area contributed by atoms with Gasteiger partial charge in [0.2, 0.25) is 33.9 Å². The van der Waals surface area contributed by atoms with Gasteiger partial charge in [0.1, 0.15) is 13.1 Å². The van der Waals surface area contributed by atoms with E-state index in [1.165, 1.54) is 55.0 Å². The monoisotopic (exact) mass is 1000 g/mol. The number of hydrogen-bond acceptors (Lipinski definition) is 8. The number of aryl methyl sites for hydroxylation is 2. The number of hydrogen-bond donors (Lipinski definition) is 4. The number of benzene rings is 5. The zero-order chi connectivity index (χ0) is 53.3. The molecule has 4 amide bonds. The first-order valence-corrected chi connectivity index (χ1v) is 26.3. The van der Waals surface area contributed by atoms with Crippen LogP contribution in [0, 0.1) is 0 Å². The number of rotatable bonds is 23. The van der Waals surface area contributed by atoms with Gasteiger partial charge in [-0.2, -0.15) is 9.13 Å². The first-order valence-electron chi connectivity index (χ1n) is 26.3. The van der Waals surface area contributed by atoms with Crippen LogP contribution in [-0.2, 0) is 22.7 Å². The number of amides is 4. The first-order chi connectivity index (χ1) is 35.6. The second-order valence-corrected chi connectivity index (χ2v) is 19.8. The maximum atomic E-state index is 12.5. The molecule has 4 N–H and O–H groups in total. The van der Waals surface area contributed by atoms with Gasteiger partial charge in [-0.3, -0.25) is 19.2 Å². The summed E-state index contributed by atoms with van der Waals surface area (Å²) in [5.41, 5.74) is 10.5. The molecule has 0 aliphatic carbocycles. The van der Waals surface area contributed by atoms with Gasteiger partial charge in [-0.1, -0.05) is 6.07 Å². The van der Waals surface area contributed by atoms with Crippen LogP contribution in [-0.4, -0.2) is 106 Å². The standard InChI is InChI=1S/C35H44N6O3.C25H34N4O/c1-6-36-34(43)27-11-10-12-28(22-27)35(44)38-19-18-37-33(42)13-8-7-9-20-41-31-23-29(39(2)3)16-14-25(31)21-26-15-17-30(40(4)5)24-32(26)41;1-6-26-25(30)10-8-7-9-15-29-23-17-21(27(2)3)13-11-19(23)16-20-12-14-22(28(4)5)18-24(20)29/h10-12,14-17,21-24H,6-9,13,18-20H2,1-5H3,(H2-,36,37,38,42,43,44);11-14,16-18H,6-10,15H2,1-5H3/p+2. The molecule has 0 saturated carbocycles. The van der Waals surface area contributed by atoms with Gasteiger partial charge in [-0.15, -0.1) is 0 Å². The molecule has 0 unspecified atom stereocenters. The van der Waals surface area contributed by atoms with Crippen molar-refractivity contribution in [2.45, 2.75) is 78.3 Å². The number of carbonyl (C=O) groups excluding carboxylic acids is 4. The molecule has 2 aromatic heterocycles. The van der Waals surface area contributed by atoms with Crippen LogP contribution in [0.4, 0.5) is 22.7 Å². The molecule has 7 rings (SSSR count). The molecule has 14 nitrogen and oxygen atoms in total. The molecule has 0 atom stereocenters. The van der Waals surface area contributed by atoms with Crippen molar-refractivity contribution in [3.05, 3.63) is 120 Å². The van der Waals surface area contributed by atoms with Gasteiger partial charge in [0.25, 0.3) is 11.8 Å². The van der Waals surface area contributed by atoms with E-state index in [1.54, 1.807) is 24.3 Å². The maximum Gasteiger partial charge on any atom is 0.251 e. The van der Waals surface area contributed by atoms with Crippen molar-refractivity contribution in [2.24, 2.45) is 0 Å². The molecule has 392 valence electrons. The number of carbonyl (C=O) groups is 4. The highest BCUT2D eigenvalue weighted by Crippen LogP contribution is 2.27. The summed E-state index contributed by atoms with van der Waals surface area (Å²) in [4.78, 5) is 57.2. The smallest absolute Gasteiger partial charge is 0.251 e. The lowest BCUT2D eigenvalue weighted by Gasteiger charge is -2.15. The topological polar surface area (TPSA) is 137 Å². The van der Waals surface area contributed by atoms with Gasteiger partial charge >= 0.3 is 0 Å². The Morgan fingerprint density at radius 3 is 1.11 bits per heavy atom. The molecular formula is C60H80N10O4+2. The van der Waals surface area contributed by atoms with E-state index in [0.29, 0.717) is 50.1 Å². The lowest BCUT2D eigenvalue weighted by Crippen LogP contribution is -2.36. The molecule has 0 spiro atoms. The minimum atomic E-state index is -0.278. The minimum Gasteiger partial charge on any atom is -0.377 e. The fourth-order valence-corrected chi connectivity index (χ4v) is 9.12. The van der Waals surface area contributed by atoms with Crippen molar-refractivity contribution >= 4 is 90.0 Å². The van der Waals surface area contributed by atoms with Crippen LogP contribution in [0.25, 0.3) is 43.6 Å². The average Bonchev–Trinajstić information content (AvgIpc) is 3.38. The summed E-state index contributed by atoms with van der Waals surface area (Å²) in [6, 6.07) is 37.7. The fourth-order valence-electron chi connectivity index (χ4n) is 9.12. The third kappa shape index (κ3) is 15.0. The van der Waals surface area contributed by atoms with E-state index in [9.17, 15) is 19.2 Å². The Morgan fingerprint density at radius 2 is 0.743 bits per heavy atom. The molecule has 7 aromatic rings. The molecular weight excluding hydrogens is 925 g/mol. The van der Waals surface area contributed by atoms with Crippen molar-refractivity contribution in [1.82, 2.24) is 21.3 Å². The molecule has 0 radical (unpaired) electrons. The molecule has 2 heterocycles. The molecule has 14 heteroatoms. The van der Waals surface area contributed by atoms with E-state index in [0.717, 1.165) is 63.0 Å². The van der Waals surface area contributed by atoms with Crippen molar-refractivity contribution < 1.29 is 28.3 Å². The summed E-state index contributed by atoms with van der Waals surface area (Å²) in [5, 5.41) is 16.2. The normalized spacial score (nSPS) is 11.0. The number of nitrogens with zero attached hydrogens (tertiary/aromatic N) is 6. The summed E-state index contributed by atoms with van der Waals surface area (Å²) in [5.74, 6) is -0.353. The summed E-state index contributed by atoms with van der Waals surface area (Å²) in [7, 11) is 16.6. The largest absolute Gasteiger partial charge is 0.377 e. The van der Waals surface area contributed by atoms with Crippen LogP contribution in [0.15, 0.2) is 109 Å². The Balaban J connectivity index is 0.000000259. The third-order valence-corrected chi connectivity index (χ3v) is 13.3. The van der Waals surface area contributed by atoms with Crippen LogP contribution < -0.4 is 50.0 Å². The fraction of sp³-hybridized carbons (Fsp3) is 0.400. The number of fused-ring (bicyclic) bond motifs is 4. The summed E-state index contributed by atoms with van der Waals surface area (Å²) >= 11 is 0. The summed E-state index contributed by atoms with van der Waals surface area (Å²) in [6.07, 6.45) is 6.76. The van der Waals surface area contributed by atoms with Crippen molar-refractivity contribution in [1.29, 1.82) is 0 Å². The molecule has 0 aliphatic heterocycles. The Kier molecular flexibility index (Phi) is 20.4. The molecule has 0 aliphatic rings. The van der Waals surface area contributed by atoms with Gasteiger partial charge in [-0.25, -0.2) is 0 Å². The SMILES string of the molecule is CCNC(=O)CCCCC[n+]1c2cc(N(C)C)ccc2cc2ccc(N(C)C)cc21.CCNC(=O)c1cccc(C(=O)NCCNC(=O)CCCCC[n+]2c3cc(N(C)C)ccc3cc3ccc(N(C)C)cc32)c1. The van der Waals surface area contributed by atoms with E-state index in [-0.39, 0.29) is 23.6 Å². The number of anilines is 4. The summed E-state index contributed by atoms with van der Waals surface area (Å²) < 4.78 is 4.87. The quantitative estimate of drug-likeness (QED) is 0.0285. The zero-order valence-electron chi connectivity index (χ0n) is 45.6. The third-order valence-electron chi connectivity index (χ3n) is 13.3. The second-order valence-electron chi connectivity index (χ2n) is 19.8. The molecule has 5 aromatic carbocycles. The first kappa shape index (κ1) is 55.8. The highest BCUT2D eigenvalue weighted by atomic mass is 16.2. The Labute approximate surface area is 438 Å². The van der Waals surface area contributed by atoms with Crippen LogP contribution in [0.3, 0.4) is 0 Å². The minimum absolute atomic E-state index is 0.0213. The van der Waals surface area contributed by atoms with Crippen LogP contribution in [0.1, 0.15) is 85.9 Å². The van der Waals surface area contributed by atoms with Crippen LogP contribution >= 0.6 is 0 Å². The Hall–Kier alpha value is -7.48. The van der Waals surface area contributed by atoms with Crippen molar-refractivity contribution in [3.8, 4) is 0 Å². The number of pyridine rings is 2. The maximum absolute atomic E-state index is 12.5. The van der Waals surface area contributed by atoms with Crippen molar-refractivity contribution in [2.75, 3.05) is 102 Å². The number of nitrogens with one attached hydrogen (secondary N) is 4. The molecule has 0 fully saturated rings. The van der Waals surface area contributed by atoms with Crippen molar-refractivity contribution in [3.63, 3.8) is 0 Å². The van der Waals surface area contributed by atoms with E-state index < -0.39 is 0 Å². The zero-order valence-corrected chi connectivity index (χ0v) is 45.6. The van der Waals surface area contributed by atoms with Gasteiger partial charge in [0, 0.05) is 188 Å². The molecule has 0 bridgehead atoms.